The fourth-order valence-electron chi connectivity index (χ4n) is 1.95. The van der Waals surface area contributed by atoms with Crippen LogP contribution in [0.2, 0.25) is 5.02 Å². The van der Waals surface area contributed by atoms with Crippen LogP contribution in [0.25, 0.3) is 0 Å². The molecular weight excluding hydrogens is 457 g/mol. The average Bonchev–Trinajstić information content (AvgIpc) is 2.41. The second-order valence-corrected chi connectivity index (χ2v) is 6.83. The molecule has 0 amide bonds. The van der Waals surface area contributed by atoms with E-state index in [1.807, 2.05) is 18.2 Å². The summed E-state index contributed by atoms with van der Waals surface area (Å²) in [5.41, 5.74) is 4.68. The molecule has 1 unspecified atom stereocenters. The first-order valence-corrected chi connectivity index (χ1v) is 8.11. The Balaban J connectivity index is 2.31. The van der Waals surface area contributed by atoms with Crippen LogP contribution >= 0.6 is 50.1 Å². The number of rotatable bonds is 4. The number of hydrazine groups is 1. The summed E-state index contributed by atoms with van der Waals surface area (Å²) in [7, 11) is 0. The summed E-state index contributed by atoms with van der Waals surface area (Å²) in [6.45, 7) is 0. The molecule has 0 radical (unpaired) electrons. The zero-order valence-corrected chi connectivity index (χ0v) is 14.8. The van der Waals surface area contributed by atoms with Gasteiger partial charge in [0, 0.05) is 13.1 Å². The molecule has 0 saturated carbocycles. The maximum Gasteiger partial charge on any atom is 0.124 e. The first kappa shape index (κ1) is 16.2. The van der Waals surface area contributed by atoms with Gasteiger partial charge in [-0.3, -0.25) is 11.3 Å². The highest BCUT2D eigenvalue weighted by Crippen LogP contribution is 2.29. The minimum atomic E-state index is -0.341. The van der Waals surface area contributed by atoms with Crippen molar-refractivity contribution in [1.29, 1.82) is 0 Å². The third-order valence-corrected chi connectivity index (χ3v) is 4.72. The highest BCUT2D eigenvalue weighted by Gasteiger charge is 2.16. The van der Waals surface area contributed by atoms with Crippen LogP contribution in [0.4, 0.5) is 4.39 Å². The zero-order valence-electron chi connectivity index (χ0n) is 10.3. The van der Waals surface area contributed by atoms with Crippen LogP contribution < -0.4 is 11.3 Å². The van der Waals surface area contributed by atoms with E-state index in [1.165, 1.54) is 12.1 Å². The number of hydrogen-bond acceptors (Lipinski definition) is 2. The monoisotopic (exact) mass is 468 g/mol. The van der Waals surface area contributed by atoms with Gasteiger partial charge in [0.15, 0.2) is 0 Å². The van der Waals surface area contributed by atoms with Gasteiger partial charge >= 0.3 is 0 Å². The molecule has 1 atom stereocenters. The smallest absolute Gasteiger partial charge is 0.124 e. The van der Waals surface area contributed by atoms with E-state index >= 15 is 0 Å². The largest absolute Gasteiger partial charge is 0.271 e. The predicted octanol–water partition coefficient (Wildman–Crippen LogP) is 4.59. The van der Waals surface area contributed by atoms with E-state index in [9.17, 15) is 4.39 Å². The van der Waals surface area contributed by atoms with Crippen LogP contribution in [0, 0.1) is 9.39 Å². The van der Waals surface area contributed by atoms with Gasteiger partial charge in [0.25, 0.3) is 0 Å². The highest BCUT2D eigenvalue weighted by atomic mass is 127. The Morgan fingerprint density at radius 2 is 2.05 bits per heavy atom. The molecule has 0 heterocycles. The van der Waals surface area contributed by atoms with Crippen molar-refractivity contribution in [2.75, 3.05) is 0 Å². The number of benzene rings is 2. The Hall–Kier alpha value is -0.210. The van der Waals surface area contributed by atoms with Crippen molar-refractivity contribution in [2.24, 2.45) is 5.84 Å². The van der Waals surface area contributed by atoms with Crippen molar-refractivity contribution in [3.63, 3.8) is 0 Å². The second kappa shape index (κ2) is 7.17. The molecule has 0 aliphatic rings. The van der Waals surface area contributed by atoms with Crippen molar-refractivity contribution < 1.29 is 4.39 Å². The lowest BCUT2D eigenvalue weighted by molar-refractivity contribution is 0.548. The molecule has 3 N–H and O–H groups in total. The van der Waals surface area contributed by atoms with Gasteiger partial charge < -0.3 is 0 Å². The second-order valence-electron chi connectivity index (χ2n) is 4.32. The van der Waals surface area contributed by atoms with Crippen molar-refractivity contribution in [1.82, 2.24) is 5.43 Å². The molecular formula is C14H12BrClFIN2. The molecule has 0 fully saturated rings. The lowest BCUT2D eigenvalue weighted by Gasteiger charge is -2.19. The highest BCUT2D eigenvalue weighted by molar-refractivity contribution is 14.1. The van der Waals surface area contributed by atoms with E-state index in [1.54, 1.807) is 6.07 Å². The standard InChI is InChI=1S/C14H12BrClFIN2/c15-12-4-3-10(18)7-11(12)14(20-19)5-8-1-2-9(17)6-13(8)16/h1-4,6-7,14,20H,5,19H2. The third kappa shape index (κ3) is 3.92. The first-order valence-electron chi connectivity index (χ1n) is 5.86. The van der Waals surface area contributed by atoms with Crippen LogP contribution in [0.3, 0.4) is 0 Å². The fraction of sp³-hybridized carbons (Fsp3) is 0.143. The minimum absolute atomic E-state index is 0.109. The van der Waals surface area contributed by atoms with Gasteiger partial charge in [0.05, 0.1) is 6.04 Å². The van der Waals surface area contributed by atoms with Gasteiger partial charge in [-0.2, -0.15) is 0 Å². The maximum absolute atomic E-state index is 13.1. The van der Waals surface area contributed by atoms with Gasteiger partial charge in [-0.25, -0.2) is 4.39 Å². The summed E-state index contributed by atoms with van der Waals surface area (Å²) >= 11 is 11.8. The van der Waals surface area contributed by atoms with E-state index in [4.69, 9.17) is 17.4 Å². The Morgan fingerprint density at radius 3 is 2.70 bits per heavy atom. The molecule has 2 aromatic carbocycles. The van der Waals surface area contributed by atoms with Crippen LogP contribution in [0.5, 0.6) is 0 Å². The van der Waals surface area contributed by atoms with Crippen molar-refractivity contribution >= 4 is 50.1 Å². The third-order valence-electron chi connectivity index (χ3n) is 2.97. The average molecular weight is 470 g/mol. The Labute approximate surface area is 144 Å². The summed E-state index contributed by atoms with van der Waals surface area (Å²) in [5.74, 6) is 5.32. The minimum Gasteiger partial charge on any atom is -0.271 e. The molecule has 0 aliphatic heterocycles. The molecule has 0 aromatic heterocycles. The predicted molar refractivity (Wildman–Crippen MR) is 92.0 cm³/mol. The molecule has 2 rings (SSSR count). The van der Waals surface area contributed by atoms with Crippen molar-refractivity contribution in [2.45, 2.75) is 12.5 Å². The topological polar surface area (TPSA) is 38.0 Å². The van der Waals surface area contributed by atoms with Gasteiger partial charge in [-0.1, -0.05) is 33.6 Å². The van der Waals surface area contributed by atoms with Crippen LogP contribution in [0.15, 0.2) is 40.9 Å². The van der Waals surface area contributed by atoms with Crippen LogP contribution in [0.1, 0.15) is 17.2 Å². The van der Waals surface area contributed by atoms with E-state index < -0.39 is 0 Å². The van der Waals surface area contributed by atoms with Gasteiger partial charge in [-0.15, -0.1) is 0 Å². The molecule has 6 heteroatoms. The van der Waals surface area contributed by atoms with Gasteiger partial charge in [0.1, 0.15) is 5.82 Å². The Morgan fingerprint density at radius 1 is 1.30 bits per heavy atom. The maximum atomic E-state index is 13.1. The fourth-order valence-corrected chi connectivity index (χ4v) is 3.23. The van der Waals surface area contributed by atoms with E-state index in [2.05, 4.69) is 43.9 Å². The summed E-state index contributed by atoms with van der Waals surface area (Å²) in [4.78, 5) is 0. The van der Waals surface area contributed by atoms with E-state index in [0.717, 1.165) is 19.2 Å². The quantitative estimate of drug-likeness (QED) is 0.391. The number of hydrogen-bond donors (Lipinski definition) is 2. The number of nitrogens with two attached hydrogens (primary N) is 1. The Kier molecular flexibility index (Phi) is 5.80. The summed E-state index contributed by atoms with van der Waals surface area (Å²) in [5, 5.41) is 0.409. The molecule has 0 bridgehead atoms. The number of halogens is 4. The van der Waals surface area contributed by atoms with Gasteiger partial charge in [-0.05, 0) is 70.5 Å². The normalized spacial score (nSPS) is 12.4. The molecule has 0 spiro atoms. The molecule has 2 nitrogen and oxygen atoms in total. The molecule has 106 valence electrons. The van der Waals surface area contributed by atoms with Crippen molar-refractivity contribution in [3.05, 3.63) is 66.4 Å². The summed E-state index contributed by atoms with van der Waals surface area (Å²) in [6, 6.07) is 10.3. The molecule has 0 aliphatic carbocycles. The van der Waals surface area contributed by atoms with Gasteiger partial charge in [0.2, 0.25) is 0 Å². The van der Waals surface area contributed by atoms with E-state index in [0.29, 0.717) is 11.4 Å². The zero-order chi connectivity index (χ0) is 14.7. The summed E-state index contributed by atoms with van der Waals surface area (Å²) in [6.07, 6.45) is 0.578. The lowest BCUT2D eigenvalue weighted by Crippen LogP contribution is -2.30. The van der Waals surface area contributed by atoms with Crippen LogP contribution in [-0.2, 0) is 6.42 Å². The van der Waals surface area contributed by atoms with E-state index in [-0.39, 0.29) is 11.9 Å². The lowest BCUT2D eigenvalue weighted by atomic mass is 9.99. The number of nitrogens with one attached hydrogen (secondary N) is 1. The molecule has 0 saturated heterocycles. The van der Waals surface area contributed by atoms with Crippen LogP contribution in [-0.4, -0.2) is 0 Å². The summed E-state index contributed by atoms with van der Waals surface area (Å²) < 4.78 is 15.2. The molecule has 2 aromatic rings. The first-order chi connectivity index (χ1) is 9.51. The molecule has 20 heavy (non-hydrogen) atoms. The SMILES string of the molecule is NNC(Cc1ccc(F)cc1Cl)c1cc(I)ccc1Br. The van der Waals surface area contributed by atoms with Crippen molar-refractivity contribution in [3.8, 4) is 0 Å². The Bertz CT molecular complexity index is 624.